The molecule has 0 saturated carbocycles. The summed E-state index contributed by atoms with van der Waals surface area (Å²) in [6, 6.07) is 12.2. The van der Waals surface area contributed by atoms with Crippen molar-refractivity contribution in [2.45, 2.75) is 42.8 Å². The maximum Gasteiger partial charge on any atom is 0.138 e. The minimum absolute atomic E-state index is 0.224. The van der Waals surface area contributed by atoms with E-state index in [0.717, 1.165) is 36.1 Å². The van der Waals surface area contributed by atoms with Gasteiger partial charge in [0.2, 0.25) is 0 Å². The fraction of sp³-hybridized carbons (Fsp3) is 0.350. The van der Waals surface area contributed by atoms with E-state index in [9.17, 15) is 4.21 Å². The van der Waals surface area contributed by atoms with Gasteiger partial charge in [-0.25, -0.2) is 0 Å². The van der Waals surface area contributed by atoms with E-state index < -0.39 is 10.8 Å². The third-order valence-corrected chi connectivity index (χ3v) is 6.84. The van der Waals surface area contributed by atoms with Crippen LogP contribution < -0.4 is 4.74 Å². The van der Waals surface area contributed by atoms with Crippen LogP contribution in [0.2, 0.25) is 0 Å². The number of benzene rings is 1. The lowest BCUT2D eigenvalue weighted by molar-refractivity contribution is 0.305. The molecule has 2 aliphatic rings. The van der Waals surface area contributed by atoms with Gasteiger partial charge in [0, 0.05) is 22.2 Å². The highest BCUT2D eigenvalue weighted by molar-refractivity contribution is 7.86. The summed E-state index contributed by atoms with van der Waals surface area (Å²) in [5, 5.41) is 0.541. The lowest BCUT2D eigenvalue weighted by Crippen LogP contribution is -2.33. The molecule has 0 radical (unpaired) electrons. The molecule has 3 unspecified atom stereocenters. The van der Waals surface area contributed by atoms with Crippen LogP contribution in [0.3, 0.4) is 0 Å². The molecule has 24 heavy (non-hydrogen) atoms. The number of aromatic nitrogens is 1. The lowest BCUT2D eigenvalue weighted by Gasteiger charge is -2.32. The largest absolute Gasteiger partial charge is 0.487 e. The third-order valence-electron chi connectivity index (χ3n) is 4.81. The Morgan fingerprint density at radius 1 is 1.17 bits per heavy atom. The normalized spacial score (nSPS) is 25.8. The summed E-state index contributed by atoms with van der Waals surface area (Å²) in [4.78, 5) is 4.34. The van der Waals surface area contributed by atoms with E-state index >= 15 is 0 Å². The van der Waals surface area contributed by atoms with E-state index in [0.29, 0.717) is 11.9 Å². The molecular formula is C20H21NO2S. The van der Waals surface area contributed by atoms with Crippen molar-refractivity contribution in [1.82, 2.24) is 4.98 Å². The number of fused-ring (bicyclic) bond motifs is 2. The summed E-state index contributed by atoms with van der Waals surface area (Å²) >= 11 is 0. The second-order valence-corrected chi connectivity index (χ2v) is 8.43. The van der Waals surface area contributed by atoms with Crippen LogP contribution in [0.15, 0.2) is 54.9 Å². The van der Waals surface area contributed by atoms with E-state index in [-0.39, 0.29) is 5.25 Å². The molecule has 124 valence electrons. The van der Waals surface area contributed by atoms with Gasteiger partial charge in [0.25, 0.3) is 0 Å². The van der Waals surface area contributed by atoms with Crippen LogP contribution >= 0.6 is 0 Å². The van der Waals surface area contributed by atoms with Crippen LogP contribution in [-0.2, 0) is 17.4 Å². The van der Waals surface area contributed by atoms with E-state index in [1.54, 1.807) is 6.20 Å². The Morgan fingerprint density at radius 2 is 2.04 bits per heavy atom. The van der Waals surface area contributed by atoms with Gasteiger partial charge in [-0.3, -0.25) is 9.19 Å². The molecule has 0 N–H and O–H groups in total. The molecule has 0 aliphatic carbocycles. The van der Waals surface area contributed by atoms with Crippen molar-refractivity contribution in [2.24, 2.45) is 0 Å². The minimum Gasteiger partial charge on any atom is -0.487 e. The van der Waals surface area contributed by atoms with Crippen molar-refractivity contribution in [2.75, 3.05) is 0 Å². The van der Waals surface area contributed by atoms with Crippen LogP contribution in [0.5, 0.6) is 5.75 Å². The topological polar surface area (TPSA) is 39.2 Å². The van der Waals surface area contributed by atoms with E-state index in [2.05, 4.69) is 29.3 Å². The van der Waals surface area contributed by atoms with Crippen LogP contribution in [0.4, 0.5) is 0 Å². The first-order valence-electron chi connectivity index (χ1n) is 8.52. The number of rotatable bonds is 4. The fourth-order valence-corrected chi connectivity index (χ4v) is 5.46. The summed E-state index contributed by atoms with van der Waals surface area (Å²) in [6.07, 6.45) is 10.1. The fourth-order valence-electron chi connectivity index (χ4n) is 3.53. The van der Waals surface area contributed by atoms with Crippen LogP contribution in [0.25, 0.3) is 5.57 Å². The van der Waals surface area contributed by atoms with Gasteiger partial charge in [-0.1, -0.05) is 42.8 Å². The number of hydrogen-bond acceptors (Lipinski definition) is 3. The molecule has 1 aromatic carbocycles. The molecule has 0 spiro atoms. The molecule has 2 aromatic rings. The molecule has 0 amide bonds. The number of hydrogen-bond donors (Lipinski definition) is 0. The lowest BCUT2D eigenvalue weighted by atomic mass is 9.94. The molecule has 1 fully saturated rings. The highest BCUT2D eigenvalue weighted by atomic mass is 32.2. The van der Waals surface area contributed by atoms with Gasteiger partial charge in [0.15, 0.2) is 0 Å². The highest BCUT2D eigenvalue weighted by Crippen LogP contribution is 2.37. The van der Waals surface area contributed by atoms with Crippen molar-refractivity contribution in [1.29, 1.82) is 0 Å². The molecule has 1 saturated heterocycles. The first-order chi connectivity index (χ1) is 11.8. The molecular weight excluding hydrogens is 318 g/mol. The van der Waals surface area contributed by atoms with Crippen LogP contribution in [0.1, 0.15) is 36.8 Å². The maximum absolute atomic E-state index is 12.3. The number of nitrogens with zero attached hydrogens (tertiary/aromatic N) is 1. The van der Waals surface area contributed by atoms with Gasteiger partial charge in [0.05, 0.1) is 11.4 Å². The van der Waals surface area contributed by atoms with Gasteiger partial charge in [-0.15, -0.1) is 0 Å². The van der Waals surface area contributed by atoms with E-state index in [1.165, 1.54) is 12.0 Å². The molecule has 1 aromatic heterocycles. The molecule has 4 rings (SSSR count). The van der Waals surface area contributed by atoms with Gasteiger partial charge in [-0.2, -0.15) is 0 Å². The van der Waals surface area contributed by atoms with Crippen LogP contribution in [-0.4, -0.2) is 19.7 Å². The molecule has 4 heteroatoms. The predicted octanol–water partition coefficient (Wildman–Crippen LogP) is 4.12. The Kier molecular flexibility index (Phi) is 4.48. The third kappa shape index (κ3) is 3.29. The second-order valence-electron chi connectivity index (χ2n) is 6.50. The van der Waals surface area contributed by atoms with E-state index in [1.807, 2.05) is 24.4 Å². The first kappa shape index (κ1) is 15.6. The average Bonchev–Trinajstić information content (AvgIpc) is 2.61. The average molecular weight is 339 g/mol. The smallest absolute Gasteiger partial charge is 0.138 e. The number of allylic oxidation sites excluding steroid dienone is 1. The molecule has 3 atom stereocenters. The quantitative estimate of drug-likeness (QED) is 0.841. The van der Waals surface area contributed by atoms with Gasteiger partial charge >= 0.3 is 0 Å². The molecule has 3 nitrogen and oxygen atoms in total. The standard InChI is InChI=1S/C20H21NO2S/c22-24-19-7-4-8-20(24)11-16(10-19)17-9-18(13-21-12-17)23-14-15-5-2-1-3-6-15/h1-3,5-6,9-10,12-13,19-20H,4,7-8,11,14H2. The Hall–Kier alpha value is -1.94. The first-order valence-corrected chi connectivity index (χ1v) is 9.79. The SMILES string of the molecule is O=S1C2C=C(c3cncc(OCc4ccccc4)c3)CC1CCC2. The summed E-state index contributed by atoms with van der Waals surface area (Å²) in [5.41, 5.74) is 3.53. The zero-order valence-electron chi connectivity index (χ0n) is 13.6. The zero-order valence-corrected chi connectivity index (χ0v) is 14.4. The number of pyridine rings is 1. The molecule has 2 aliphatic heterocycles. The van der Waals surface area contributed by atoms with Crippen molar-refractivity contribution >= 4 is 16.4 Å². The minimum atomic E-state index is -0.692. The zero-order chi connectivity index (χ0) is 16.4. The molecule has 3 heterocycles. The van der Waals surface area contributed by atoms with Crippen molar-refractivity contribution < 1.29 is 8.95 Å². The molecule has 2 bridgehead atoms. The summed E-state index contributed by atoms with van der Waals surface area (Å²) in [6.45, 7) is 0.542. The van der Waals surface area contributed by atoms with Gasteiger partial charge in [0.1, 0.15) is 12.4 Å². The predicted molar refractivity (Wildman–Crippen MR) is 97.2 cm³/mol. The summed E-state index contributed by atoms with van der Waals surface area (Å²) in [5.74, 6) is 0.786. The van der Waals surface area contributed by atoms with E-state index in [4.69, 9.17) is 4.74 Å². The maximum atomic E-state index is 12.3. The Bertz CT molecular complexity index is 772. The van der Waals surface area contributed by atoms with Gasteiger partial charge < -0.3 is 4.74 Å². The van der Waals surface area contributed by atoms with Crippen molar-refractivity contribution in [3.05, 3.63) is 66.0 Å². The van der Waals surface area contributed by atoms with Crippen LogP contribution in [0, 0.1) is 0 Å². The number of ether oxygens (including phenoxy) is 1. The monoisotopic (exact) mass is 339 g/mol. The van der Waals surface area contributed by atoms with Gasteiger partial charge in [-0.05, 0) is 42.0 Å². The summed E-state index contributed by atoms with van der Waals surface area (Å²) in [7, 11) is -0.692. The highest BCUT2D eigenvalue weighted by Gasteiger charge is 2.33. The second kappa shape index (κ2) is 6.89. The van der Waals surface area contributed by atoms with Crippen molar-refractivity contribution in [3.8, 4) is 5.75 Å². The summed E-state index contributed by atoms with van der Waals surface area (Å²) < 4.78 is 18.2. The Labute approximate surface area is 145 Å². The Morgan fingerprint density at radius 3 is 2.88 bits per heavy atom. The Balaban J connectivity index is 1.51. The van der Waals surface area contributed by atoms with Crippen molar-refractivity contribution in [3.63, 3.8) is 0 Å².